The highest BCUT2D eigenvalue weighted by atomic mass is 19.1. The number of H-pyrrole nitrogens is 1. The van der Waals surface area contributed by atoms with Gasteiger partial charge in [-0.2, -0.15) is 0 Å². The van der Waals surface area contributed by atoms with Gasteiger partial charge in [0.05, 0.1) is 23.7 Å². The fraction of sp³-hybridized carbons (Fsp3) is 0.250. The summed E-state index contributed by atoms with van der Waals surface area (Å²) in [6, 6.07) is 5.58. The molecule has 1 aromatic carbocycles. The predicted octanol–water partition coefficient (Wildman–Crippen LogP) is 3.05. The topological polar surface area (TPSA) is 110 Å². The summed E-state index contributed by atoms with van der Waals surface area (Å²) in [6.07, 6.45) is 7.61. The Labute approximate surface area is 189 Å². The van der Waals surface area contributed by atoms with Crippen molar-refractivity contribution in [2.24, 2.45) is 5.73 Å². The number of nitrogens with one attached hydrogen (secondary N) is 1. The van der Waals surface area contributed by atoms with E-state index in [4.69, 9.17) is 10.5 Å². The van der Waals surface area contributed by atoms with Gasteiger partial charge in [-0.3, -0.25) is 4.79 Å². The van der Waals surface area contributed by atoms with Gasteiger partial charge in [0.2, 0.25) is 5.91 Å². The van der Waals surface area contributed by atoms with Crippen molar-refractivity contribution < 1.29 is 13.9 Å². The number of fused-ring (bicyclic) bond motifs is 2. The molecule has 0 aliphatic carbocycles. The number of ether oxygens (including phenoxy) is 1. The van der Waals surface area contributed by atoms with E-state index in [-0.39, 0.29) is 18.1 Å². The van der Waals surface area contributed by atoms with Crippen LogP contribution < -0.4 is 10.5 Å². The molecule has 3 aromatic heterocycles. The van der Waals surface area contributed by atoms with E-state index in [0.717, 1.165) is 22.2 Å². The third kappa shape index (κ3) is 4.14. The molecule has 8 nitrogen and oxygen atoms in total. The SMILES string of the molecule is Cc1c[nH]c2nccc(Oc3ccc(CC(N)C(=O)N4CCc5cncnc5C4)cc3F)c12. The molecule has 1 aliphatic heterocycles. The minimum Gasteiger partial charge on any atom is -0.453 e. The number of carbonyl (C=O) groups is 1. The van der Waals surface area contributed by atoms with Crippen LogP contribution in [0.25, 0.3) is 11.0 Å². The first-order valence-electron chi connectivity index (χ1n) is 10.7. The van der Waals surface area contributed by atoms with E-state index in [1.165, 1.54) is 12.4 Å². The molecule has 0 saturated heterocycles. The maximum atomic E-state index is 14.8. The normalized spacial score (nSPS) is 14.2. The maximum Gasteiger partial charge on any atom is 0.240 e. The zero-order valence-corrected chi connectivity index (χ0v) is 18.1. The van der Waals surface area contributed by atoms with Crippen LogP contribution in [0.4, 0.5) is 4.39 Å². The van der Waals surface area contributed by atoms with E-state index < -0.39 is 11.9 Å². The standard InChI is InChI=1S/C24H23FN6O2/c1-14-10-29-23-22(14)21(4-6-28-23)33-20-3-2-15(8-17(20)25)9-18(26)24(32)31-7-5-16-11-27-13-30-19(16)12-31/h2-4,6,8,10-11,13,18H,5,7,9,12,26H2,1H3,(H,28,29). The monoisotopic (exact) mass is 446 g/mol. The maximum absolute atomic E-state index is 14.8. The number of carbonyl (C=O) groups excluding carboxylic acids is 1. The van der Waals surface area contributed by atoms with Gasteiger partial charge < -0.3 is 20.4 Å². The molecule has 1 amide bonds. The van der Waals surface area contributed by atoms with Crippen LogP contribution in [0.15, 0.2) is 49.2 Å². The number of halogens is 1. The van der Waals surface area contributed by atoms with Gasteiger partial charge in [-0.25, -0.2) is 19.3 Å². The van der Waals surface area contributed by atoms with Crippen LogP contribution in [0.2, 0.25) is 0 Å². The second-order valence-corrected chi connectivity index (χ2v) is 8.19. The Morgan fingerprint density at radius 2 is 2.18 bits per heavy atom. The number of hydrogen-bond acceptors (Lipinski definition) is 6. The number of aromatic amines is 1. The highest BCUT2D eigenvalue weighted by Crippen LogP contribution is 2.32. The molecular weight excluding hydrogens is 423 g/mol. The summed E-state index contributed by atoms with van der Waals surface area (Å²) >= 11 is 0. The number of aryl methyl sites for hydroxylation is 1. The second kappa shape index (κ2) is 8.59. The smallest absolute Gasteiger partial charge is 0.240 e. The van der Waals surface area contributed by atoms with E-state index >= 15 is 0 Å². The second-order valence-electron chi connectivity index (χ2n) is 8.19. The van der Waals surface area contributed by atoms with Gasteiger partial charge in [-0.1, -0.05) is 6.07 Å². The average Bonchev–Trinajstić information content (AvgIpc) is 3.21. The number of amides is 1. The molecule has 4 aromatic rings. The first-order valence-corrected chi connectivity index (χ1v) is 10.7. The van der Waals surface area contributed by atoms with Gasteiger partial charge in [0, 0.05) is 25.1 Å². The molecule has 0 saturated carbocycles. The molecule has 1 unspecified atom stereocenters. The number of pyridine rings is 1. The third-order valence-corrected chi connectivity index (χ3v) is 5.91. The Kier molecular flexibility index (Phi) is 5.47. The fourth-order valence-electron chi connectivity index (χ4n) is 4.16. The van der Waals surface area contributed by atoms with Crippen LogP contribution in [0.5, 0.6) is 11.5 Å². The molecule has 1 atom stereocenters. The van der Waals surface area contributed by atoms with Crippen molar-refractivity contribution in [3.8, 4) is 11.5 Å². The molecular formula is C24H23FN6O2. The Hall–Kier alpha value is -3.85. The van der Waals surface area contributed by atoms with Crippen LogP contribution in [0.3, 0.4) is 0 Å². The van der Waals surface area contributed by atoms with Gasteiger partial charge in [-0.15, -0.1) is 0 Å². The minimum atomic E-state index is -0.776. The van der Waals surface area contributed by atoms with E-state index in [1.807, 2.05) is 13.1 Å². The number of rotatable bonds is 5. The van der Waals surface area contributed by atoms with Gasteiger partial charge >= 0.3 is 0 Å². The summed E-state index contributed by atoms with van der Waals surface area (Å²) in [5, 5.41) is 0.807. The first-order chi connectivity index (χ1) is 16.0. The van der Waals surface area contributed by atoms with Crippen LogP contribution in [-0.4, -0.2) is 43.3 Å². The van der Waals surface area contributed by atoms with Crippen molar-refractivity contribution in [1.82, 2.24) is 24.8 Å². The van der Waals surface area contributed by atoms with E-state index in [9.17, 15) is 9.18 Å². The van der Waals surface area contributed by atoms with E-state index in [0.29, 0.717) is 36.5 Å². The zero-order chi connectivity index (χ0) is 22.9. The lowest BCUT2D eigenvalue weighted by Crippen LogP contribution is -2.47. The molecule has 1 aliphatic rings. The predicted molar refractivity (Wildman–Crippen MR) is 120 cm³/mol. The van der Waals surface area contributed by atoms with Crippen LogP contribution >= 0.6 is 0 Å². The molecule has 0 bridgehead atoms. The summed E-state index contributed by atoms with van der Waals surface area (Å²) in [4.78, 5) is 30.2. The summed E-state index contributed by atoms with van der Waals surface area (Å²) in [5.74, 6) is -0.0819. The molecule has 0 fully saturated rings. The number of hydrogen-bond donors (Lipinski definition) is 2. The van der Waals surface area contributed by atoms with Gasteiger partial charge in [0.1, 0.15) is 17.7 Å². The number of nitrogens with zero attached hydrogens (tertiary/aromatic N) is 4. The lowest BCUT2D eigenvalue weighted by Gasteiger charge is -2.29. The van der Waals surface area contributed by atoms with Crippen LogP contribution in [0, 0.1) is 12.7 Å². The summed E-state index contributed by atoms with van der Waals surface area (Å²) in [6.45, 7) is 2.90. The highest BCUT2D eigenvalue weighted by Gasteiger charge is 2.26. The van der Waals surface area contributed by atoms with E-state index in [1.54, 1.807) is 35.5 Å². The van der Waals surface area contributed by atoms with Gasteiger partial charge in [0.15, 0.2) is 11.6 Å². The zero-order valence-electron chi connectivity index (χ0n) is 18.1. The number of aromatic nitrogens is 4. The van der Waals surface area contributed by atoms with Crippen molar-refractivity contribution in [2.75, 3.05) is 6.54 Å². The van der Waals surface area contributed by atoms with Gasteiger partial charge in [-0.05, 0) is 54.7 Å². The third-order valence-electron chi connectivity index (χ3n) is 5.91. The molecule has 3 N–H and O–H groups in total. The highest BCUT2D eigenvalue weighted by molar-refractivity contribution is 5.86. The number of benzene rings is 1. The average molecular weight is 446 g/mol. The lowest BCUT2D eigenvalue weighted by molar-refractivity contribution is -0.133. The summed E-state index contributed by atoms with van der Waals surface area (Å²) < 4.78 is 20.7. The van der Waals surface area contributed by atoms with Crippen LogP contribution in [-0.2, 0) is 24.2 Å². The quantitative estimate of drug-likeness (QED) is 0.488. The molecule has 0 spiro atoms. The van der Waals surface area contributed by atoms with Crippen molar-refractivity contribution in [2.45, 2.75) is 32.4 Å². The molecule has 0 radical (unpaired) electrons. The summed E-state index contributed by atoms with van der Waals surface area (Å²) in [7, 11) is 0. The Morgan fingerprint density at radius 3 is 3.03 bits per heavy atom. The Morgan fingerprint density at radius 1 is 1.30 bits per heavy atom. The number of nitrogens with two attached hydrogens (primary N) is 1. The molecule has 9 heteroatoms. The minimum absolute atomic E-state index is 0.0964. The van der Waals surface area contributed by atoms with Gasteiger partial charge in [0.25, 0.3) is 0 Å². The molecule has 33 heavy (non-hydrogen) atoms. The van der Waals surface area contributed by atoms with E-state index in [2.05, 4.69) is 19.9 Å². The van der Waals surface area contributed by atoms with Crippen LogP contribution in [0.1, 0.15) is 22.4 Å². The lowest BCUT2D eigenvalue weighted by atomic mass is 10.0. The van der Waals surface area contributed by atoms with Crippen molar-refractivity contribution in [3.05, 3.63) is 77.4 Å². The van der Waals surface area contributed by atoms with Crippen molar-refractivity contribution in [3.63, 3.8) is 0 Å². The Balaban J connectivity index is 1.27. The summed E-state index contributed by atoms with van der Waals surface area (Å²) in [5.41, 5.74) is 10.3. The largest absolute Gasteiger partial charge is 0.453 e. The molecule has 168 valence electrons. The Bertz CT molecular complexity index is 1340. The fourth-order valence-corrected chi connectivity index (χ4v) is 4.16. The first kappa shape index (κ1) is 21.0. The molecule has 4 heterocycles. The van der Waals surface area contributed by atoms with Crippen molar-refractivity contribution in [1.29, 1.82) is 0 Å². The molecule has 5 rings (SSSR count). The van der Waals surface area contributed by atoms with Crippen molar-refractivity contribution >= 4 is 16.9 Å².